The second-order valence-electron chi connectivity index (χ2n) is 4.55. The fourth-order valence-electron chi connectivity index (χ4n) is 2.34. The van der Waals surface area contributed by atoms with Gasteiger partial charge in [0.25, 0.3) is 0 Å². The molecule has 0 radical (unpaired) electrons. The monoisotopic (exact) mass is 240 g/mol. The Hall–Kier alpha value is -0.610. The summed E-state index contributed by atoms with van der Waals surface area (Å²) in [5.74, 6) is 0.840. The van der Waals surface area contributed by atoms with Gasteiger partial charge in [0.05, 0.1) is 17.2 Å². The smallest absolute Gasteiger partial charge is 0.185 e. The molecule has 0 aliphatic carbocycles. The van der Waals surface area contributed by atoms with E-state index < -0.39 is 0 Å². The molecule has 0 bridgehead atoms. The molecule has 1 N–H and O–H groups in total. The largest absolute Gasteiger partial charge is 0.391 e. The van der Waals surface area contributed by atoms with Crippen LogP contribution in [0.15, 0.2) is 0 Å². The predicted molar refractivity (Wildman–Crippen MR) is 68.0 cm³/mol. The van der Waals surface area contributed by atoms with Gasteiger partial charge in [-0.1, -0.05) is 24.7 Å². The molecule has 1 saturated heterocycles. The van der Waals surface area contributed by atoms with E-state index in [1.54, 1.807) is 11.3 Å². The van der Waals surface area contributed by atoms with Crippen molar-refractivity contribution >= 4 is 16.5 Å². The summed E-state index contributed by atoms with van der Waals surface area (Å²) in [5, 5.41) is 10.3. The molecule has 0 aromatic carbocycles. The summed E-state index contributed by atoms with van der Waals surface area (Å²) in [6.45, 7) is 6.62. The molecule has 16 heavy (non-hydrogen) atoms. The van der Waals surface area contributed by atoms with E-state index in [1.807, 2.05) is 6.92 Å². The molecule has 2 rings (SSSR count). The SMILES string of the molecule is CCCC1CCN(c2nc(C)c(CO)s2)C1. The summed E-state index contributed by atoms with van der Waals surface area (Å²) in [4.78, 5) is 7.92. The molecule has 1 aliphatic heterocycles. The standard InChI is InChI=1S/C12H20N2OS/c1-3-4-10-5-6-14(7-10)12-13-9(2)11(8-15)16-12/h10,15H,3-8H2,1-2H3. The maximum absolute atomic E-state index is 9.16. The van der Waals surface area contributed by atoms with Crippen LogP contribution in [0.4, 0.5) is 5.13 Å². The molecule has 2 heterocycles. The minimum absolute atomic E-state index is 0.121. The van der Waals surface area contributed by atoms with Crippen molar-refractivity contribution < 1.29 is 5.11 Å². The zero-order valence-corrected chi connectivity index (χ0v) is 10.9. The van der Waals surface area contributed by atoms with Crippen molar-refractivity contribution in [3.05, 3.63) is 10.6 Å². The van der Waals surface area contributed by atoms with Crippen LogP contribution in [-0.2, 0) is 6.61 Å². The lowest BCUT2D eigenvalue weighted by Gasteiger charge is -2.14. The van der Waals surface area contributed by atoms with Crippen molar-refractivity contribution in [1.29, 1.82) is 0 Å². The Balaban J connectivity index is 2.02. The first-order valence-electron chi connectivity index (χ1n) is 6.06. The van der Waals surface area contributed by atoms with Gasteiger partial charge in [0.1, 0.15) is 0 Å². The van der Waals surface area contributed by atoms with E-state index >= 15 is 0 Å². The quantitative estimate of drug-likeness (QED) is 0.878. The third-order valence-electron chi connectivity index (χ3n) is 3.28. The summed E-state index contributed by atoms with van der Waals surface area (Å²) in [6.07, 6.45) is 3.89. The van der Waals surface area contributed by atoms with Crippen LogP contribution in [0.2, 0.25) is 0 Å². The number of rotatable bonds is 4. The molecule has 0 spiro atoms. The highest BCUT2D eigenvalue weighted by Gasteiger charge is 2.24. The van der Waals surface area contributed by atoms with Gasteiger partial charge in [0, 0.05) is 13.1 Å². The van der Waals surface area contributed by atoms with Gasteiger partial charge in [0.2, 0.25) is 0 Å². The third kappa shape index (κ3) is 2.38. The number of aliphatic hydroxyl groups excluding tert-OH is 1. The number of aromatic nitrogens is 1. The van der Waals surface area contributed by atoms with Gasteiger partial charge in [-0.15, -0.1) is 0 Å². The molecule has 1 aromatic rings. The van der Waals surface area contributed by atoms with E-state index in [0.29, 0.717) is 0 Å². The normalized spacial score (nSPS) is 20.7. The highest BCUT2D eigenvalue weighted by atomic mass is 32.1. The lowest BCUT2D eigenvalue weighted by atomic mass is 10.0. The second kappa shape index (κ2) is 5.15. The molecule has 0 saturated carbocycles. The van der Waals surface area contributed by atoms with E-state index in [4.69, 9.17) is 5.11 Å². The van der Waals surface area contributed by atoms with Gasteiger partial charge >= 0.3 is 0 Å². The number of hydrogen-bond donors (Lipinski definition) is 1. The van der Waals surface area contributed by atoms with Crippen LogP contribution in [0.25, 0.3) is 0 Å². The van der Waals surface area contributed by atoms with E-state index in [0.717, 1.165) is 34.7 Å². The molecule has 1 aliphatic rings. The Morgan fingerprint density at radius 3 is 3.00 bits per heavy atom. The van der Waals surface area contributed by atoms with E-state index in [2.05, 4.69) is 16.8 Å². The average Bonchev–Trinajstić information content (AvgIpc) is 2.85. The van der Waals surface area contributed by atoms with Crippen molar-refractivity contribution in [3.8, 4) is 0 Å². The van der Waals surface area contributed by atoms with Gasteiger partial charge in [-0.05, 0) is 25.7 Å². The van der Waals surface area contributed by atoms with Crippen molar-refractivity contribution in [1.82, 2.24) is 4.98 Å². The van der Waals surface area contributed by atoms with Crippen LogP contribution in [0.1, 0.15) is 36.8 Å². The van der Waals surface area contributed by atoms with Gasteiger partial charge in [0.15, 0.2) is 5.13 Å². The van der Waals surface area contributed by atoms with Crippen LogP contribution in [0, 0.1) is 12.8 Å². The lowest BCUT2D eigenvalue weighted by molar-refractivity contribution is 0.284. The Labute approximate surface area is 101 Å². The van der Waals surface area contributed by atoms with Gasteiger partial charge in [-0.2, -0.15) is 0 Å². The van der Waals surface area contributed by atoms with E-state index in [9.17, 15) is 0 Å². The summed E-state index contributed by atoms with van der Waals surface area (Å²) in [6, 6.07) is 0. The molecule has 4 heteroatoms. The van der Waals surface area contributed by atoms with Gasteiger partial charge < -0.3 is 10.0 Å². The number of aryl methyl sites for hydroxylation is 1. The first-order valence-corrected chi connectivity index (χ1v) is 6.88. The summed E-state index contributed by atoms with van der Waals surface area (Å²) in [5.41, 5.74) is 0.987. The second-order valence-corrected chi connectivity index (χ2v) is 5.61. The molecule has 90 valence electrons. The minimum Gasteiger partial charge on any atom is -0.391 e. The highest BCUT2D eigenvalue weighted by Crippen LogP contribution is 2.31. The molecule has 1 atom stereocenters. The van der Waals surface area contributed by atoms with Crippen LogP contribution in [0.3, 0.4) is 0 Å². The number of nitrogens with zero attached hydrogens (tertiary/aromatic N) is 2. The van der Waals surface area contributed by atoms with Crippen LogP contribution in [0.5, 0.6) is 0 Å². The Kier molecular flexibility index (Phi) is 3.82. The van der Waals surface area contributed by atoms with Gasteiger partial charge in [-0.3, -0.25) is 0 Å². The van der Waals surface area contributed by atoms with Crippen LogP contribution >= 0.6 is 11.3 Å². The summed E-state index contributed by atoms with van der Waals surface area (Å²) < 4.78 is 0. The minimum atomic E-state index is 0.121. The molecular weight excluding hydrogens is 220 g/mol. The fraction of sp³-hybridized carbons (Fsp3) is 0.750. The number of anilines is 1. The first-order chi connectivity index (χ1) is 7.74. The maximum atomic E-state index is 9.16. The Morgan fingerprint density at radius 1 is 1.56 bits per heavy atom. The number of hydrogen-bond acceptors (Lipinski definition) is 4. The van der Waals surface area contributed by atoms with Crippen molar-refractivity contribution in [2.75, 3.05) is 18.0 Å². The first kappa shape index (κ1) is 11.9. The lowest BCUT2D eigenvalue weighted by Crippen LogP contribution is -2.19. The molecule has 3 nitrogen and oxygen atoms in total. The topological polar surface area (TPSA) is 36.4 Å². The summed E-state index contributed by atoms with van der Waals surface area (Å²) in [7, 11) is 0. The summed E-state index contributed by atoms with van der Waals surface area (Å²) >= 11 is 1.64. The predicted octanol–water partition coefficient (Wildman–Crippen LogP) is 2.57. The van der Waals surface area contributed by atoms with Crippen molar-refractivity contribution in [3.63, 3.8) is 0 Å². The third-order valence-corrected chi connectivity index (χ3v) is 4.48. The highest BCUT2D eigenvalue weighted by molar-refractivity contribution is 7.15. The van der Waals surface area contributed by atoms with E-state index in [-0.39, 0.29) is 6.61 Å². The Morgan fingerprint density at radius 2 is 2.38 bits per heavy atom. The van der Waals surface area contributed by atoms with Crippen LogP contribution < -0.4 is 4.90 Å². The molecule has 1 unspecified atom stereocenters. The molecule has 1 fully saturated rings. The van der Waals surface area contributed by atoms with E-state index in [1.165, 1.54) is 19.3 Å². The van der Waals surface area contributed by atoms with Crippen molar-refractivity contribution in [2.45, 2.75) is 39.7 Å². The molecular formula is C12H20N2OS. The van der Waals surface area contributed by atoms with Crippen LogP contribution in [-0.4, -0.2) is 23.2 Å². The molecule has 0 amide bonds. The number of aliphatic hydroxyl groups is 1. The fourth-order valence-corrected chi connectivity index (χ4v) is 3.30. The average molecular weight is 240 g/mol. The maximum Gasteiger partial charge on any atom is 0.185 e. The number of thiazole rings is 1. The molecule has 1 aromatic heterocycles. The van der Waals surface area contributed by atoms with Gasteiger partial charge in [-0.25, -0.2) is 4.98 Å². The Bertz CT molecular complexity index is 351. The zero-order chi connectivity index (χ0) is 11.5. The van der Waals surface area contributed by atoms with Crippen molar-refractivity contribution in [2.24, 2.45) is 5.92 Å². The zero-order valence-electron chi connectivity index (χ0n) is 10.1.